The summed E-state index contributed by atoms with van der Waals surface area (Å²) in [6.07, 6.45) is -23.2. The quantitative estimate of drug-likeness (QED) is 0.0264. The van der Waals surface area contributed by atoms with Crippen molar-refractivity contribution in [3.63, 3.8) is 0 Å². The number of ether oxygens (including phenoxy) is 9. The predicted molar refractivity (Wildman–Crippen MR) is 486 cm³/mol. The Kier molecular flexibility index (Phi) is 41.6. The van der Waals surface area contributed by atoms with Gasteiger partial charge in [-0.05, 0) is 346 Å². The number of carbonyl (C=O) groups excluding carboxylic acids is 9. The van der Waals surface area contributed by atoms with Crippen LogP contribution in [0.15, 0.2) is 0 Å². The van der Waals surface area contributed by atoms with Gasteiger partial charge in [0, 0.05) is 30.1 Å². The lowest BCUT2D eigenvalue weighted by molar-refractivity contribution is -0.299. The van der Waals surface area contributed by atoms with Crippen LogP contribution < -0.4 is 0 Å². The second kappa shape index (κ2) is 46.7. The molecule has 26 atom stereocenters. The first-order valence-corrected chi connectivity index (χ1v) is 50.3. The van der Waals surface area contributed by atoms with Crippen molar-refractivity contribution < 1.29 is 190 Å². The van der Waals surface area contributed by atoms with Gasteiger partial charge in [-0.1, -0.05) is 48.5 Å². The highest BCUT2D eigenvalue weighted by atomic mass is 19.4. The fourth-order valence-electron chi connectivity index (χ4n) is 19.7. The van der Waals surface area contributed by atoms with Crippen LogP contribution in [0.3, 0.4) is 0 Å². The van der Waals surface area contributed by atoms with E-state index < -0.39 is 170 Å². The summed E-state index contributed by atoms with van der Waals surface area (Å²) in [7, 11) is 0. The maximum absolute atomic E-state index is 13.3. The molecule has 8 bridgehead atoms. The van der Waals surface area contributed by atoms with Gasteiger partial charge in [0.2, 0.25) is 6.10 Å². The molecule has 9 saturated carbocycles. The lowest BCUT2D eigenvalue weighted by atomic mass is 9.67. The van der Waals surface area contributed by atoms with Crippen LogP contribution in [-0.2, 0) is 85.8 Å². The smallest absolute Gasteiger partial charge is 0.425 e. The van der Waals surface area contributed by atoms with Gasteiger partial charge in [-0.2, -0.15) is 79.0 Å². The first kappa shape index (κ1) is 127. The lowest BCUT2D eigenvalue weighted by Gasteiger charge is -2.46. The van der Waals surface area contributed by atoms with Gasteiger partial charge < -0.3 is 68.2 Å². The number of carbonyl (C=O) groups is 9. The summed E-state index contributed by atoms with van der Waals surface area (Å²) < 4.78 is 278. The molecular weight excluding hydrogens is 1940 g/mol. The highest BCUT2D eigenvalue weighted by molar-refractivity contribution is 5.83. The molecule has 2 heterocycles. The number of halogens is 18. The minimum atomic E-state index is -5.10. The molecule has 0 radical (unpaired) electrons. The van der Waals surface area contributed by atoms with E-state index in [4.69, 9.17) is 37.9 Å². The monoisotopic (exact) mass is 2100 g/mol. The largest absolute Gasteiger partial charge is 0.463 e. The summed E-state index contributed by atoms with van der Waals surface area (Å²) in [6, 6.07) is 0. The fraction of sp³-hybridized carbons (Fsp3) is 0.912. The third-order valence-electron chi connectivity index (χ3n) is 33.7. The van der Waals surface area contributed by atoms with E-state index in [2.05, 4.69) is 4.74 Å². The Labute approximate surface area is 829 Å². The van der Waals surface area contributed by atoms with Crippen LogP contribution in [0.5, 0.6) is 0 Å². The molecule has 41 heteroatoms. The van der Waals surface area contributed by atoms with Crippen LogP contribution in [0, 0.1) is 121 Å². The van der Waals surface area contributed by atoms with Crippen LogP contribution in [-0.4, -0.2) is 200 Å². The normalized spacial score (nSPS) is 30.7. The molecule has 0 aromatic carbocycles. The number of fused-ring (bicyclic) bond motifs is 7. The van der Waals surface area contributed by atoms with Crippen molar-refractivity contribution >= 4 is 53.7 Å². The number of aliphatic hydroxyl groups is 5. The number of hydrogen-bond acceptors (Lipinski definition) is 23. The Morgan fingerprint density at radius 2 is 0.615 bits per heavy atom. The van der Waals surface area contributed by atoms with Gasteiger partial charge in [-0.15, -0.1) is 0 Å². The molecule has 26 unspecified atom stereocenters. The summed E-state index contributed by atoms with van der Waals surface area (Å²) >= 11 is 0. The first-order chi connectivity index (χ1) is 64.4. The van der Waals surface area contributed by atoms with Crippen LogP contribution in [0.4, 0.5) is 79.0 Å². The van der Waals surface area contributed by atoms with Gasteiger partial charge in [-0.25, -0.2) is 4.79 Å². The highest BCUT2D eigenvalue weighted by Gasteiger charge is 2.67. The van der Waals surface area contributed by atoms with Gasteiger partial charge in [-0.3, -0.25) is 38.4 Å². The third-order valence-corrected chi connectivity index (χ3v) is 33.7. The molecule has 11 rings (SSSR count). The predicted octanol–water partition coefficient (Wildman–Crippen LogP) is 22.7. The number of hydrogen-bond donors (Lipinski definition) is 5. The molecule has 0 spiro atoms. The molecule has 143 heavy (non-hydrogen) atoms. The molecule has 5 N–H and O–H groups in total. The van der Waals surface area contributed by atoms with Crippen molar-refractivity contribution in [2.45, 2.75) is 461 Å². The van der Waals surface area contributed by atoms with E-state index in [9.17, 15) is 148 Å². The molecule has 832 valence electrons. The number of cyclic esters (lactones) is 1. The van der Waals surface area contributed by atoms with Gasteiger partial charge in [0.1, 0.15) is 36.6 Å². The Balaban J connectivity index is 0.000000297. The average Bonchev–Trinajstić information content (AvgIpc) is 1.55. The number of alkyl halides is 18. The summed E-state index contributed by atoms with van der Waals surface area (Å²) in [4.78, 5) is 106. The zero-order chi connectivity index (χ0) is 111. The molecule has 2 aliphatic heterocycles. The zero-order valence-corrected chi connectivity index (χ0v) is 88.0. The van der Waals surface area contributed by atoms with E-state index in [-0.39, 0.29) is 145 Å². The van der Waals surface area contributed by atoms with E-state index in [1.54, 1.807) is 55.4 Å². The Hall–Kier alpha value is -6.23. The number of esters is 9. The molecule has 11 fully saturated rings. The molecule has 23 nitrogen and oxygen atoms in total. The molecule has 0 aromatic rings. The Morgan fingerprint density at radius 1 is 0.329 bits per heavy atom. The summed E-state index contributed by atoms with van der Waals surface area (Å²) in [5.41, 5.74) is -18.9. The standard InChI is InChI=1S/C18H28F6O4.3C17H27F3O3.C14H20O4.C10H16O4.C9H15F3O2/c1-6-14(2,3)13(25)28-12-8-10(15(4,26)17(19,20)21)7-11(9-12)16(5,27)18(22,23)24;3*1-5-15(2,3)14(21)23-13-8-10-6-11(13)7-12(10)9-16(4,22)17(18,19)20;1-4-14(2,3)13(16)18-10-7-5-8-9(6-7)12(15)17-11(8)10;1-4-10(2,3)9(12)14-7-5-6-13-8(7)11;1-5-8(3,4)7(13)14-6(2)9(10,11)12/h10-12,26-27H,6-9H2,1-5H3;3*10-13,22H,5-9H2,1-4H3;7-11H,4-6H2,1-3H3;7H,4-6H2,1-3H3;6H,5H2,1-4H3. The first-order valence-electron chi connectivity index (χ1n) is 50.3. The average molecular weight is 2100 g/mol. The van der Waals surface area contributed by atoms with E-state index in [1.807, 2.05) is 90.0 Å². The minimum Gasteiger partial charge on any atom is -0.463 e. The maximum atomic E-state index is 13.3. The minimum absolute atomic E-state index is 0.0779. The lowest BCUT2D eigenvalue weighted by Crippen LogP contribution is -2.57. The molecule has 11 aliphatic rings. The maximum Gasteiger partial charge on any atom is 0.425 e. The van der Waals surface area contributed by atoms with Crippen molar-refractivity contribution in [1.82, 2.24) is 0 Å². The Morgan fingerprint density at radius 3 is 0.874 bits per heavy atom. The molecule has 0 amide bonds. The van der Waals surface area contributed by atoms with Crippen molar-refractivity contribution in [3.8, 4) is 0 Å². The van der Waals surface area contributed by atoms with E-state index in [1.165, 1.54) is 0 Å². The van der Waals surface area contributed by atoms with Crippen molar-refractivity contribution in [2.75, 3.05) is 6.61 Å². The summed E-state index contributed by atoms with van der Waals surface area (Å²) in [6.45, 7) is 42.4. The van der Waals surface area contributed by atoms with Gasteiger partial charge in [0.15, 0.2) is 34.1 Å². The van der Waals surface area contributed by atoms with Crippen LogP contribution >= 0.6 is 0 Å². The molecule has 2 saturated heterocycles. The van der Waals surface area contributed by atoms with E-state index in [0.29, 0.717) is 116 Å². The summed E-state index contributed by atoms with van der Waals surface area (Å²) in [5, 5.41) is 49.0. The van der Waals surface area contributed by atoms with Gasteiger partial charge in [0.05, 0.1) is 50.4 Å². The van der Waals surface area contributed by atoms with Crippen molar-refractivity contribution in [3.05, 3.63) is 0 Å². The highest BCUT2D eigenvalue weighted by Crippen LogP contribution is 2.60. The fourth-order valence-corrected chi connectivity index (χ4v) is 19.7. The van der Waals surface area contributed by atoms with Crippen LogP contribution in [0.1, 0.15) is 347 Å². The van der Waals surface area contributed by atoms with Gasteiger partial charge in [0.25, 0.3) is 0 Å². The van der Waals surface area contributed by atoms with Crippen molar-refractivity contribution in [2.24, 2.45) is 121 Å². The Bertz CT molecular complexity index is 4020. The molecule has 0 aromatic heterocycles. The van der Waals surface area contributed by atoms with Crippen LogP contribution in [0.25, 0.3) is 0 Å². The van der Waals surface area contributed by atoms with Gasteiger partial charge >= 0.3 is 90.8 Å². The van der Waals surface area contributed by atoms with E-state index >= 15 is 0 Å². The van der Waals surface area contributed by atoms with E-state index in [0.717, 1.165) is 66.2 Å². The van der Waals surface area contributed by atoms with Crippen LogP contribution in [0.2, 0.25) is 0 Å². The zero-order valence-electron chi connectivity index (χ0n) is 88.0. The molecule has 9 aliphatic carbocycles. The second-order valence-corrected chi connectivity index (χ2v) is 47.5. The topological polar surface area (TPSA) is 338 Å². The number of rotatable bonds is 29. The SMILES string of the molecule is CCC(C)(C)C(=O)OC(C)C(F)(F)F.CCC(C)(C)C(=O)OC1C2CC3C(=O)OC1C3C2.CCC(C)(C)C(=O)OC1CC(C(C)(O)C(F)(F)F)CC(C(C)(O)C(F)(F)F)C1.CCC(C)(C)C(=O)OC1CC2CC1CC2CC(C)(O)C(F)(F)F.CCC(C)(C)C(=O)OC1CC2CC1CC2CC(C)(O)C(F)(F)F.CCC(C)(C)C(=O)OC1CC2CC1CC2CC(C)(O)C(F)(F)F.CCC(C)(C)C(=O)OC1CCOC1=O. The second-order valence-electron chi connectivity index (χ2n) is 47.5. The third kappa shape index (κ3) is 31.7. The van der Waals surface area contributed by atoms with Crippen molar-refractivity contribution in [1.29, 1.82) is 0 Å². The summed E-state index contributed by atoms with van der Waals surface area (Å²) in [5.74, 6) is -5.63. The molecular formula is C102H160F18O23.